The van der Waals surface area contributed by atoms with E-state index in [4.69, 9.17) is 25.8 Å². The van der Waals surface area contributed by atoms with Crippen molar-refractivity contribution in [3.8, 4) is 5.88 Å². The summed E-state index contributed by atoms with van der Waals surface area (Å²) in [5.74, 6) is 0.146. The molecule has 1 rings (SSSR count). The second-order valence-electron chi connectivity index (χ2n) is 3.16. The highest BCUT2D eigenvalue weighted by Crippen LogP contribution is 2.14. The summed E-state index contributed by atoms with van der Waals surface area (Å²) in [5.41, 5.74) is -0.409. The number of nitrogens with zero attached hydrogens (tertiary/aromatic N) is 1. The molecular weight excluding hydrogens is 248 g/mol. The van der Waals surface area contributed by atoms with Crippen LogP contribution in [0.5, 0.6) is 5.88 Å². The number of aromatic nitrogens is 2. The van der Waals surface area contributed by atoms with Gasteiger partial charge in [-0.05, 0) is 0 Å². The van der Waals surface area contributed by atoms with E-state index in [1.807, 2.05) is 0 Å². The number of aromatic amines is 1. The zero-order chi connectivity index (χ0) is 12.5. The quantitative estimate of drug-likeness (QED) is 0.704. The maximum atomic E-state index is 11.1. The molecule has 0 saturated carbocycles. The van der Waals surface area contributed by atoms with Gasteiger partial charge < -0.3 is 19.2 Å². The minimum absolute atomic E-state index is 0.0344. The molecule has 0 bridgehead atoms. The van der Waals surface area contributed by atoms with Crippen molar-refractivity contribution in [2.24, 2.45) is 0 Å². The molecule has 0 radical (unpaired) electrons. The van der Waals surface area contributed by atoms with E-state index < -0.39 is 5.56 Å². The van der Waals surface area contributed by atoms with Gasteiger partial charge in [0.05, 0.1) is 26.1 Å². The number of nitrogens with one attached hydrogen (secondary N) is 1. The van der Waals surface area contributed by atoms with E-state index >= 15 is 0 Å². The van der Waals surface area contributed by atoms with Crippen molar-refractivity contribution in [3.05, 3.63) is 21.7 Å². The maximum absolute atomic E-state index is 11.1. The summed E-state index contributed by atoms with van der Waals surface area (Å²) < 4.78 is 15.3. The lowest BCUT2D eigenvalue weighted by Gasteiger charge is -2.06. The Bertz CT molecular complexity index is 383. The summed E-state index contributed by atoms with van der Waals surface area (Å²) in [7, 11) is 1.62. The molecular formula is C10H15ClN2O4. The molecule has 17 heavy (non-hydrogen) atoms. The zero-order valence-corrected chi connectivity index (χ0v) is 10.3. The molecule has 0 aliphatic carbocycles. The number of hydrogen-bond acceptors (Lipinski definition) is 5. The van der Waals surface area contributed by atoms with E-state index in [2.05, 4.69) is 9.97 Å². The van der Waals surface area contributed by atoms with E-state index in [0.29, 0.717) is 32.8 Å². The Hall–Kier alpha value is -1.11. The third-order valence-electron chi connectivity index (χ3n) is 1.87. The van der Waals surface area contributed by atoms with E-state index in [0.717, 1.165) is 0 Å². The van der Waals surface area contributed by atoms with Gasteiger partial charge in [-0.2, -0.15) is 0 Å². The smallest absolute Gasteiger partial charge is 0.273 e. The minimum Gasteiger partial charge on any atom is -0.476 e. The van der Waals surface area contributed by atoms with Crippen LogP contribution in [0.4, 0.5) is 0 Å². The van der Waals surface area contributed by atoms with Crippen molar-refractivity contribution in [2.75, 3.05) is 33.5 Å². The van der Waals surface area contributed by atoms with E-state index in [9.17, 15) is 4.79 Å². The second kappa shape index (κ2) is 8.05. The van der Waals surface area contributed by atoms with Gasteiger partial charge in [-0.25, -0.2) is 4.98 Å². The molecule has 0 aliphatic heterocycles. The molecule has 1 N–H and O–H groups in total. The molecule has 0 amide bonds. The van der Waals surface area contributed by atoms with Crippen molar-refractivity contribution in [1.82, 2.24) is 9.97 Å². The normalized spacial score (nSPS) is 10.5. The van der Waals surface area contributed by atoms with Gasteiger partial charge in [0.2, 0.25) is 5.88 Å². The van der Waals surface area contributed by atoms with Gasteiger partial charge in [-0.3, -0.25) is 4.79 Å². The first-order valence-corrected chi connectivity index (χ1v) is 5.56. The first-order chi connectivity index (χ1) is 8.25. The maximum Gasteiger partial charge on any atom is 0.273 e. The number of halogens is 1. The van der Waals surface area contributed by atoms with Crippen LogP contribution in [-0.4, -0.2) is 43.5 Å². The zero-order valence-electron chi connectivity index (χ0n) is 9.57. The lowest BCUT2D eigenvalue weighted by molar-refractivity contribution is 0.0642. The number of hydrogen-bond donors (Lipinski definition) is 1. The molecule has 0 atom stereocenters. The molecule has 96 valence electrons. The Balaban J connectivity index is 2.18. The molecule has 0 saturated heterocycles. The van der Waals surface area contributed by atoms with Gasteiger partial charge in [0.25, 0.3) is 5.56 Å². The molecule has 0 spiro atoms. The molecule has 1 aromatic heterocycles. The van der Waals surface area contributed by atoms with Crippen LogP contribution in [-0.2, 0) is 9.47 Å². The number of methoxy groups -OCH3 is 1. The molecule has 0 aromatic carbocycles. The number of H-pyrrole nitrogens is 1. The fourth-order valence-corrected chi connectivity index (χ4v) is 1.20. The lowest BCUT2D eigenvalue weighted by Crippen LogP contribution is -2.11. The second-order valence-corrected chi connectivity index (χ2v) is 3.54. The number of rotatable bonds is 8. The summed E-state index contributed by atoms with van der Waals surface area (Å²) in [6, 6.07) is 0. The van der Waals surface area contributed by atoms with Crippen LogP contribution in [0.15, 0.2) is 11.1 Å². The van der Waals surface area contributed by atoms with Crippen LogP contribution < -0.4 is 10.3 Å². The predicted octanol–water partition coefficient (Wildman–Crippen LogP) is 0.855. The van der Waals surface area contributed by atoms with Gasteiger partial charge >= 0.3 is 0 Å². The van der Waals surface area contributed by atoms with Crippen LogP contribution in [0, 0.1) is 0 Å². The van der Waals surface area contributed by atoms with Crippen LogP contribution >= 0.6 is 11.6 Å². The molecule has 6 nitrogen and oxygen atoms in total. The summed E-state index contributed by atoms with van der Waals surface area (Å²) in [4.78, 5) is 17.3. The van der Waals surface area contributed by atoms with Gasteiger partial charge in [0.1, 0.15) is 0 Å². The Kier molecular flexibility index (Phi) is 6.61. The average Bonchev–Trinajstić information content (AvgIpc) is 2.33. The van der Waals surface area contributed by atoms with Crippen LogP contribution in [0.1, 0.15) is 6.42 Å². The first kappa shape index (κ1) is 14.0. The monoisotopic (exact) mass is 262 g/mol. The SMILES string of the molecule is COCCOCCCOc1nc[nH]c(=O)c1Cl. The largest absolute Gasteiger partial charge is 0.476 e. The molecule has 0 fully saturated rings. The van der Waals surface area contributed by atoms with Gasteiger partial charge in [-0.1, -0.05) is 11.6 Å². The Morgan fingerprint density at radius 3 is 2.94 bits per heavy atom. The molecule has 0 unspecified atom stereocenters. The van der Waals surface area contributed by atoms with Crippen molar-refractivity contribution in [2.45, 2.75) is 6.42 Å². The molecule has 1 heterocycles. The Morgan fingerprint density at radius 1 is 1.35 bits per heavy atom. The highest BCUT2D eigenvalue weighted by molar-refractivity contribution is 6.31. The highest BCUT2D eigenvalue weighted by Gasteiger charge is 2.06. The van der Waals surface area contributed by atoms with Crippen molar-refractivity contribution in [1.29, 1.82) is 0 Å². The summed E-state index contributed by atoms with van der Waals surface area (Å²) in [6.45, 7) is 2.08. The van der Waals surface area contributed by atoms with Crippen molar-refractivity contribution in [3.63, 3.8) is 0 Å². The van der Waals surface area contributed by atoms with Gasteiger partial charge in [-0.15, -0.1) is 0 Å². The van der Waals surface area contributed by atoms with Crippen molar-refractivity contribution < 1.29 is 14.2 Å². The van der Waals surface area contributed by atoms with E-state index in [-0.39, 0.29) is 10.9 Å². The first-order valence-electron chi connectivity index (χ1n) is 5.18. The standard InChI is InChI=1S/C10H15ClN2O4/c1-15-5-6-16-3-2-4-17-10-8(11)9(14)12-7-13-10/h7H,2-6H2,1H3,(H,12,13,14). The predicted molar refractivity (Wildman–Crippen MR) is 62.7 cm³/mol. The fraction of sp³-hybridized carbons (Fsp3) is 0.600. The molecule has 1 aromatic rings. The minimum atomic E-state index is -0.409. The average molecular weight is 263 g/mol. The van der Waals surface area contributed by atoms with Crippen LogP contribution in [0.25, 0.3) is 0 Å². The topological polar surface area (TPSA) is 73.4 Å². The third kappa shape index (κ3) is 5.16. The summed E-state index contributed by atoms with van der Waals surface area (Å²) in [5, 5.41) is -0.0344. The van der Waals surface area contributed by atoms with E-state index in [1.165, 1.54) is 6.33 Å². The fourth-order valence-electron chi connectivity index (χ4n) is 1.04. The van der Waals surface area contributed by atoms with Gasteiger partial charge in [0, 0.05) is 20.1 Å². The Morgan fingerprint density at radius 2 is 2.18 bits per heavy atom. The molecule has 0 aliphatic rings. The summed E-state index contributed by atoms with van der Waals surface area (Å²) in [6.07, 6.45) is 1.94. The number of ether oxygens (including phenoxy) is 3. The lowest BCUT2D eigenvalue weighted by atomic mass is 10.5. The molecule has 7 heteroatoms. The van der Waals surface area contributed by atoms with Crippen LogP contribution in [0.3, 0.4) is 0 Å². The van der Waals surface area contributed by atoms with E-state index in [1.54, 1.807) is 7.11 Å². The summed E-state index contributed by atoms with van der Waals surface area (Å²) >= 11 is 5.70. The third-order valence-corrected chi connectivity index (χ3v) is 2.20. The van der Waals surface area contributed by atoms with Gasteiger partial charge in [0.15, 0.2) is 5.02 Å². The van der Waals surface area contributed by atoms with Crippen molar-refractivity contribution >= 4 is 11.6 Å². The Labute approximate surface area is 104 Å². The van der Waals surface area contributed by atoms with Crippen LogP contribution in [0.2, 0.25) is 5.02 Å². The highest BCUT2D eigenvalue weighted by atomic mass is 35.5.